The second-order valence-corrected chi connectivity index (χ2v) is 7.01. The third-order valence-electron chi connectivity index (χ3n) is 4.15. The van der Waals surface area contributed by atoms with Gasteiger partial charge in [0.05, 0.1) is 18.6 Å². The minimum Gasteiger partial charge on any atom is -0.462 e. The number of rotatable bonds is 5. The molecule has 0 spiro atoms. The van der Waals surface area contributed by atoms with Gasteiger partial charge in [-0.3, -0.25) is 14.9 Å². The zero-order chi connectivity index (χ0) is 18.0. The average Bonchev–Trinajstić information content (AvgIpc) is 3.06. The Balaban J connectivity index is 1.78. The molecule has 0 bridgehead atoms. The number of thiophene rings is 1. The maximum absolute atomic E-state index is 12.3. The number of fused-ring (bicyclic) bond motifs is 1. The van der Waals surface area contributed by atoms with Gasteiger partial charge in [0.1, 0.15) is 11.0 Å². The van der Waals surface area contributed by atoms with Gasteiger partial charge in [-0.05, 0) is 38.2 Å². The standard InChI is InChI=1S/C16H19N3O5S/c1-2-24-15(22)12-8-5-3-4-6-10(8)25-14(12)18-11(20)7-9-13(21)19-16(23)17-9/h9H,2-7H2,1H3,(H,18,20)(H2,17,19,21,23). The number of nitrogens with one attached hydrogen (secondary N) is 3. The molecule has 1 aliphatic heterocycles. The number of amides is 4. The quantitative estimate of drug-likeness (QED) is 0.538. The van der Waals surface area contributed by atoms with Crippen molar-refractivity contribution < 1.29 is 23.9 Å². The van der Waals surface area contributed by atoms with Crippen molar-refractivity contribution in [3.8, 4) is 0 Å². The van der Waals surface area contributed by atoms with Crippen molar-refractivity contribution in [3.63, 3.8) is 0 Å². The first-order valence-corrected chi connectivity index (χ1v) is 9.04. The summed E-state index contributed by atoms with van der Waals surface area (Å²) in [4.78, 5) is 48.4. The molecule has 0 radical (unpaired) electrons. The summed E-state index contributed by atoms with van der Waals surface area (Å²) in [5, 5.41) is 7.64. The van der Waals surface area contributed by atoms with E-state index >= 15 is 0 Å². The minimum atomic E-state index is -0.895. The van der Waals surface area contributed by atoms with Gasteiger partial charge in [-0.15, -0.1) is 11.3 Å². The summed E-state index contributed by atoms with van der Waals surface area (Å²) in [6, 6.07) is -1.50. The maximum atomic E-state index is 12.3. The van der Waals surface area contributed by atoms with Crippen molar-refractivity contribution >= 4 is 40.2 Å². The van der Waals surface area contributed by atoms with Gasteiger partial charge in [-0.25, -0.2) is 9.59 Å². The van der Waals surface area contributed by atoms with Gasteiger partial charge in [0.15, 0.2) is 0 Å². The summed E-state index contributed by atoms with van der Waals surface area (Å²) < 4.78 is 5.13. The van der Waals surface area contributed by atoms with Gasteiger partial charge in [0, 0.05) is 4.88 Å². The summed E-state index contributed by atoms with van der Waals surface area (Å²) in [5.41, 5.74) is 1.38. The number of imide groups is 1. The number of carbonyl (C=O) groups is 4. The Morgan fingerprint density at radius 2 is 2.04 bits per heavy atom. The van der Waals surface area contributed by atoms with E-state index in [1.54, 1.807) is 6.92 Å². The normalized spacial score (nSPS) is 19.0. The van der Waals surface area contributed by atoms with Crippen LogP contribution >= 0.6 is 11.3 Å². The van der Waals surface area contributed by atoms with Crippen LogP contribution in [-0.2, 0) is 27.2 Å². The Bertz CT molecular complexity index is 742. The predicted octanol–water partition coefficient (Wildman–Crippen LogP) is 1.34. The van der Waals surface area contributed by atoms with E-state index in [4.69, 9.17) is 4.74 Å². The molecule has 1 aliphatic carbocycles. The lowest BCUT2D eigenvalue weighted by Gasteiger charge is -2.12. The first-order valence-electron chi connectivity index (χ1n) is 8.22. The number of anilines is 1. The van der Waals surface area contributed by atoms with Gasteiger partial charge >= 0.3 is 12.0 Å². The number of urea groups is 1. The van der Waals surface area contributed by atoms with E-state index in [1.807, 2.05) is 0 Å². The lowest BCUT2D eigenvalue weighted by Crippen LogP contribution is -2.33. The first-order chi connectivity index (χ1) is 12.0. The molecule has 0 saturated carbocycles. The van der Waals surface area contributed by atoms with Crippen LogP contribution in [0.25, 0.3) is 0 Å². The lowest BCUT2D eigenvalue weighted by molar-refractivity contribution is -0.124. The topological polar surface area (TPSA) is 114 Å². The van der Waals surface area contributed by atoms with Gasteiger partial charge in [-0.2, -0.15) is 0 Å². The molecule has 3 N–H and O–H groups in total. The lowest BCUT2D eigenvalue weighted by atomic mass is 9.95. The number of carbonyl (C=O) groups excluding carboxylic acids is 4. The van der Waals surface area contributed by atoms with Gasteiger partial charge < -0.3 is 15.4 Å². The number of hydrogen-bond donors (Lipinski definition) is 3. The maximum Gasteiger partial charge on any atom is 0.341 e. The van der Waals surface area contributed by atoms with Crippen LogP contribution in [0.15, 0.2) is 0 Å². The molecule has 8 nitrogen and oxygen atoms in total. The van der Waals surface area contributed by atoms with Gasteiger partial charge in [-0.1, -0.05) is 0 Å². The molecular weight excluding hydrogens is 346 g/mol. The molecule has 9 heteroatoms. The average molecular weight is 365 g/mol. The van der Waals surface area contributed by atoms with E-state index in [1.165, 1.54) is 11.3 Å². The molecule has 1 unspecified atom stereocenters. The van der Waals surface area contributed by atoms with Crippen molar-refractivity contribution in [2.24, 2.45) is 0 Å². The molecule has 3 rings (SSSR count). The van der Waals surface area contributed by atoms with E-state index in [2.05, 4.69) is 16.0 Å². The van der Waals surface area contributed by atoms with Crippen molar-refractivity contribution in [1.82, 2.24) is 10.6 Å². The smallest absolute Gasteiger partial charge is 0.341 e. The summed E-state index contributed by atoms with van der Waals surface area (Å²) in [6.07, 6.45) is 3.53. The Hall–Kier alpha value is -2.42. The van der Waals surface area contributed by atoms with Gasteiger partial charge in [0.2, 0.25) is 5.91 Å². The number of esters is 1. The van der Waals surface area contributed by atoms with Crippen molar-refractivity contribution in [3.05, 3.63) is 16.0 Å². The fraction of sp³-hybridized carbons (Fsp3) is 0.500. The Labute approximate surface area is 148 Å². The molecule has 2 aliphatic rings. The second-order valence-electron chi connectivity index (χ2n) is 5.90. The first kappa shape index (κ1) is 17.4. The van der Waals surface area contributed by atoms with E-state index in [0.29, 0.717) is 10.6 Å². The summed E-state index contributed by atoms with van der Waals surface area (Å²) in [7, 11) is 0. The molecule has 1 fully saturated rings. The molecule has 1 aromatic rings. The Morgan fingerprint density at radius 3 is 2.72 bits per heavy atom. The summed E-state index contributed by atoms with van der Waals surface area (Å²) >= 11 is 1.38. The van der Waals surface area contributed by atoms with Crippen LogP contribution in [0.2, 0.25) is 0 Å². The number of hydrogen-bond acceptors (Lipinski definition) is 6. The largest absolute Gasteiger partial charge is 0.462 e. The highest BCUT2D eigenvalue weighted by atomic mass is 32.1. The zero-order valence-electron chi connectivity index (χ0n) is 13.8. The highest BCUT2D eigenvalue weighted by molar-refractivity contribution is 7.17. The molecular formula is C16H19N3O5S. The molecule has 1 atom stereocenters. The third-order valence-corrected chi connectivity index (χ3v) is 5.36. The fourth-order valence-corrected chi connectivity index (χ4v) is 4.33. The second kappa shape index (κ2) is 7.22. The van der Waals surface area contributed by atoms with Crippen LogP contribution in [0.1, 0.15) is 47.0 Å². The highest BCUT2D eigenvalue weighted by Crippen LogP contribution is 2.38. The Morgan fingerprint density at radius 1 is 1.28 bits per heavy atom. The molecule has 25 heavy (non-hydrogen) atoms. The summed E-state index contributed by atoms with van der Waals surface area (Å²) in [5.74, 6) is -1.41. The van der Waals surface area contributed by atoms with Crippen molar-refractivity contribution in [2.75, 3.05) is 11.9 Å². The predicted molar refractivity (Wildman–Crippen MR) is 90.6 cm³/mol. The molecule has 1 saturated heterocycles. The Kier molecular flexibility index (Phi) is 5.03. The zero-order valence-corrected chi connectivity index (χ0v) is 14.6. The molecule has 2 heterocycles. The van der Waals surface area contributed by atoms with Crippen LogP contribution in [-0.4, -0.2) is 36.5 Å². The fourth-order valence-electron chi connectivity index (χ4n) is 3.04. The molecule has 134 valence electrons. The SMILES string of the molecule is CCOC(=O)c1c(NC(=O)CC2NC(=O)NC2=O)sc2c1CCCC2. The van der Waals surface area contributed by atoms with Crippen molar-refractivity contribution in [1.29, 1.82) is 0 Å². The number of aryl methyl sites for hydroxylation is 1. The van der Waals surface area contributed by atoms with E-state index in [0.717, 1.165) is 36.1 Å². The van der Waals surface area contributed by atoms with E-state index in [-0.39, 0.29) is 13.0 Å². The minimum absolute atomic E-state index is 0.192. The van der Waals surface area contributed by atoms with Crippen LogP contribution in [0.5, 0.6) is 0 Å². The molecule has 4 amide bonds. The van der Waals surface area contributed by atoms with Crippen molar-refractivity contribution in [2.45, 2.75) is 45.1 Å². The highest BCUT2D eigenvalue weighted by Gasteiger charge is 2.32. The third kappa shape index (κ3) is 3.65. The van der Waals surface area contributed by atoms with Crippen LogP contribution in [0, 0.1) is 0 Å². The monoisotopic (exact) mass is 365 g/mol. The summed E-state index contributed by atoms with van der Waals surface area (Å²) in [6.45, 7) is 1.99. The molecule has 1 aromatic heterocycles. The molecule has 0 aromatic carbocycles. The van der Waals surface area contributed by atoms with Crippen LogP contribution in [0.4, 0.5) is 9.80 Å². The van der Waals surface area contributed by atoms with E-state index < -0.39 is 29.9 Å². The number of ether oxygens (including phenoxy) is 1. The van der Waals surface area contributed by atoms with Crippen LogP contribution < -0.4 is 16.0 Å². The van der Waals surface area contributed by atoms with E-state index in [9.17, 15) is 19.2 Å². The van der Waals surface area contributed by atoms with Gasteiger partial charge in [0.25, 0.3) is 5.91 Å². The van der Waals surface area contributed by atoms with Crippen LogP contribution in [0.3, 0.4) is 0 Å².